The third-order valence-electron chi connectivity index (χ3n) is 3.84. The van der Waals surface area contributed by atoms with Crippen LogP contribution in [0, 0.1) is 24.4 Å². The monoisotopic (exact) mass is 335 g/mol. The van der Waals surface area contributed by atoms with Gasteiger partial charge in [0.2, 0.25) is 0 Å². The first kappa shape index (κ1) is 17.8. The second-order valence-electron chi connectivity index (χ2n) is 5.54. The van der Waals surface area contributed by atoms with Gasteiger partial charge in [0, 0.05) is 32.4 Å². The molecule has 0 saturated carbocycles. The van der Waals surface area contributed by atoms with Crippen molar-refractivity contribution in [3.8, 4) is 0 Å². The summed E-state index contributed by atoms with van der Waals surface area (Å²) >= 11 is 0. The number of rotatable bonds is 5. The molecule has 0 saturated heterocycles. The lowest BCUT2D eigenvalue weighted by atomic mass is 10.1. The molecule has 0 aromatic heterocycles. The van der Waals surface area contributed by atoms with Crippen molar-refractivity contribution < 1.29 is 13.2 Å². The summed E-state index contributed by atoms with van der Waals surface area (Å²) in [6.45, 7) is 4.53. The van der Waals surface area contributed by atoms with Crippen molar-refractivity contribution in [2.45, 2.75) is 13.8 Å². The van der Waals surface area contributed by atoms with Gasteiger partial charge < -0.3 is 9.80 Å². The fourth-order valence-electron chi connectivity index (χ4n) is 2.26. The van der Waals surface area contributed by atoms with Crippen LogP contribution in [-0.4, -0.2) is 31.9 Å². The number of hydrogen-bond donors (Lipinski definition) is 0. The van der Waals surface area contributed by atoms with Gasteiger partial charge in [-0.05, 0) is 43.7 Å². The molecule has 0 heterocycles. The molecule has 0 aliphatic carbocycles. The predicted octanol–water partition coefficient (Wildman–Crippen LogP) is 4.79. The Kier molecular flexibility index (Phi) is 5.49. The van der Waals surface area contributed by atoms with Crippen LogP contribution in [0.4, 0.5) is 30.2 Å². The minimum Gasteiger partial charge on any atom is -0.366 e. The number of anilines is 2. The zero-order valence-electron chi connectivity index (χ0n) is 14.1. The summed E-state index contributed by atoms with van der Waals surface area (Å²) in [7, 11) is 3.46. The zero-order chi connectivity index (χ0) is 17.9. The number of halogens is 3. The Morgan fingerprint density at radius 1 is 1.00 bits per heavy atom. The molecule has 0 fully saturated rings. The molecule has 0 bridgehead atoms. The number of benzene rings is 2. The number of nitrogens with zero attached hydrogens (tertiary/aromatic N) is 3. The Labute approximate surface area is 140 Å². The van der Waals surface area contributed by atoms with E-state index in [1.54, 1.807) is 20.3 Å². The molecule has 2 rings (SSSR count). The average Bonchev–Trinajstić information content (AvgIpc) is 2.54. The van der Waals surface area contributed by atoms with Crippen molar-refractivity contribution in [2.75, 3.05) is 25.5 Å². The lowest BCUT2D eigenvalue weighted by molar-refractivity contribution is 0.552. The molecule has 2 aromatic carbocycles. The van der Waals surface area contributed by atoms with Crippen LogP contribution in [0.1, 0.15) is 12.5 Å². The first-order valence-corrected chi connectivity index (χ1v) is 7.56. The zero-order valence-corrected chi connectivity index (χ0v) is 14.1. The SMILES string of the molecule is CCN(C)/C=N\c1cc(F)cc(N(C)c2ccc(F)cc2F)c1C. The van der Waals surface area contributed by atoms with Crippen molar-refractivity contribution in [1.82, 2.24) is 4.90 Å². The normalized spacial score (nSPS) is 11.1. The maximum absolute atomic E-state index is 14.0. The van der Waals surface area contributed by atoms with Gasteiger partial charge in [-0.3, -0.25) is 0 Å². The number of hydrogen-bond acceptors (Lipinski definition) is 2. The molecule has 0 atom stereocenters. The Bertz CT molecular complexity index is 759. The van der Waals surface area contributed by atoms with E-state index in [0.717, 1.165) is 12.6 Å². The molecule has 2 aromatic rings. The first-order chi connectivity index (χ1) is 11.3. The Balaban J connectivity index is 2.46. The van der Waals surface area contributed by atoms with E-state index in [1.165, 1.54) is 29.2 Å². The van der Waals surface area contributed by atoms with E-state index in [-0.39, 0.29) is 5.69 Å². The van der Waals surface area contributed by atoms with Gasteiger partial charge in [-0.15, -0.1) is 0 Å². The molecule has 0 amide bonds. The Morgan fingerprint density at radius 3 is 2.33 bits per heavy atom. The maximum atomic E-state index is 14.0. The van der Waals surface area contributed by atoms with Crippen LogP contribution in [0.2, 0.25) is 0 Å². The molecular formula is C18H20F3N3. The lowest BCUT2D eigenvalue weighted by Gasteiger charge is -2.23. The summed E-state index contributed by atoms with van der Waals surface area (Å²) in [6, 6.07) is 5.92. The van der Waals surface area contributed by atoms with Gasteiger partial charge >= 0.3 is 0 Å². The molecule has 0 N–H and O–H groups in total. The molecule has 0 aliphatic rings. The van der Waals surface area contributed by atoms with Crippen molar-refractivity contribution in [2.24, 2.45) is 4.99 Å². The van der Waals surface area contributed by atoms with Crippen LogP contribution in [0.3, 0.4) is 0 Å². The van der Waals surface area contributed by atoms with Crippen molar-refractivity contribution in [3.63, 3.8) is 0 Å². The van der Waals surface area contributed by atoms with E-state index in [1.807, 2.05) is 18.9 Å². The van der Waals surface area contributed by atoms with E-state index < -0.39 is 17.5 Å². The molecule has 6 heteroatoms. The lowest BCUT2D eigenvalue weighted by Crippen LogP contribution is -2.15. The first-order valence-electron chi connectivity index (χ1n) is 7.56. The molecule has 3 nitrogen and oxygen atoms in total. The fraction of sp³-hybridized carbons (Fsp3) is 0.278. The molecule has 0 unspecified atom stereocenters. The van der Waals surface area contributed by atoms with E-state index in [2.05, 4.69) is 4.99 Å². The van der Waals surface area contributed by atoms with E-state index in [4.69, 9.17) is 0 Å². The van der Waals surface area contributed by atoms with E-state index in [9.17, 15) is 13.2 Å². The van der Waals surface area contributed by atoms with Crippen LogP contribution in [-0.2, 0) is 0 Å². The van der Waals surface area contributed by atoms with Gasteiger partial charge in [0.25, 0.3) is 0 Å². The van der Waals surface area contributed by atoms with Gasteiger partial charge in [-0.2, -0.15) is 0 Å². The standard InChI is InChI=1S/C18H20F3N3/c1-5-23(3)11-22-16-9-14(20)10-18(12(16)2)24(4)17-7-6-13(19)8-15(17)21/h6-11H,5H2,1-4H3/b22-11-. The minimum atomic E-state index is -0.711. The Hall–Kier alpha value is -2.50. The maximum Gasteiger partial charge on any atom is 0.149 e. The van der Waals surface area contributed by atoms with Gasteiger partial charge in [-0.25, -0.2) is 18.2 Å². The van der Waals surface area contributed by atoms with Crippen LogP contribution in [0.5, 0.6) is 0 Å². The smallest absolute Gasteiger partial charge is 0.149 e. The highest BCUT2D eigenvalue weighted by Gasteiger charge is 2.15. The summed E-state index contributed by atoms with van der Waals surface area (Å²) in [5.74, 6) is -1.85. The van der Waals surface area contributed by atoms with Gasteiger partial charge in [0.1, 0.15) is 17.5 Å². The third kappa shape index (κ3) is 3.88. The third-order valence-corrected chi connectivity index (χ3v) is 3.84. The molecule has 128 valence electrons. The predicted molar refractivity (Wildman–Crippen MR) is 92.0 cm³/mol. The second kappa shape index (κ2) is 7.38. The quantitative estimate of drug-likeness (QED) is 0.578. The summed E-state index contributed by atoms with van der Waals surface area (Å²) in [5.41, 5.74) is 1.78. The highest BCUT2D eigenvalue weighted by Crippen LogP contribution is 2.34. The van der Waals surface area contributed by atoms with Gasteiger partial charge in [-0.1, -0.05) is 0 Å². The fourth-order valence-corrected chi connectivity index (χ4v) is 2.26. The van der Waals surface area contributed by atoms with Crippen LogP contribution >= 0.6 is 0 Å². The summed E-state index contributed by atoms with van der Waals surface area (Å²) in [6.07, 6.45) is 1.62. The van der Waals surface area contributed by atoms with E-state index >= 15 is 0 Å². The summed E-state index contributed by atoms with van der Waals surface area (Å²) in [4.78, 5) is 7.63. The minimum absolute atomic E-state index is 0.158. The van der Waals surface area contributed by atoms with Crippen LogP contribution in [0.25, 0.3) is 0 Å². The van der Waals surface area contributed by atoms with Gasteiger partial charge in [0.15, 0.2) is 0 Å². The van der Waals surface area contributed by atoms with Crippen molar-refractivity contribution >= 4 is 23.4 Å². The average molecular weight is 335 g/mol. The van der Waals surface area contributed by atoms with Crippen molar-refractivity contribution in [1.29, 1.82) is 0 Å². The van der Waals surface area contributed by atoms with Gasteiger partial charge in [0.05, 0.1) is 17.7 Å². The summed E-state index contributed by atoms with van der Waals surface area (Å²) < 4.78 is 41.1. The topological polar surface area (TPSA) is 18.8 Å². The molecule has 24 heavy (non-hydrogen) atoms. The van der Waals surface area contributed by atoms with Crippen molar-refractivity contribution in [3.05, 3.63) is 53.3 Å². The number of aliphatic imine (C=N–C) groups is 1. The highest BCUT2D eigenvalue weighted by molar-refractivity contribution is 5.73. The van der Waals surface area contributed by atoms with E-state index in [0.29, 0.717) is 16.9 Å². The summed E-state index contributed by atoms with van der Waals surface area (Å²) in [5, 5.41) is 0. The largest absolute Gasteiger partial charge is 0.366 e. The molecule has 0 spiro atoms. The molecule has 0 radical (unpaired) electrons. The van der Waals surface area contributed by atoms with Crippen LogP contribution in [0.15, 0.2) is 35.3 Å². The highest BCUT2D eigenvalue weighted by atomic mass is 19.1. The second-order valence-corrected chi connectivity index (χ2v) is 5.54. The molecular weight excluding hydrogens is 315 g/mol. The van der Waals surface area contributed by atoms with Crippen LogP contribution < -0.4 is 4.90 Å². The molecule has 0 aliphatic heterocycles. The Morgan fingerprint density at radius 2 is 1.71 bits per heavy atom.